The lowest BCUT2D eigenvalue weighted by molar-refractivity contribution is -0.141. The summed E-state index contributed by atoms with van der Waals surface area (Å²) < 4.78 is 0. The molecule has 0 aliphatic carbocycles. The Kier molecular flexibility index (Phi) is 3.81. The van der Waals surface area contributed by atoms with Crippen molar-refractivity contribution in [3.63, 3.8) is 0 Å². The van der Waals surface area contributed by atoms with E-state index < -0.39 is 16.9 Å². The number of rotatable bonds is 5. The van der Waals surface area contributed by atoms with Gasteiger partial charge in [-0.3, -0.25) is 19.3 Å². The first kappa shape index (κ1) is 14.6. The lowest BCUT2D eigenvalue weighted by Gasteiger charge is -2.27. The van der Waals surface area contributed by atoms with E-state index in [4.69, 9.17) is 5.73 Å². The number of carbonyl (C=O) groups is 3. The van der Waals surface area contributed by atoms with Crippen molar-refractivity contribution in [2.24, 2.45) is 11.1 Å². The number of nitrogens with two attached hydrogens (primary N) is 1. The van der Waals surface area contributed by atoms with Gasteiger partial charge in [0, 0.05) is 13.0 Å². The molecule has 6 heteroatoms. The second kappa shape index (κ2) is 4.68. The number of likely N-dealkylation sites (tertiary alicyclic amines) is 1. The summed E-state index contributed by atoms with van der Waals surface area (Å²) in [6, 6.07) is 0. The number of carbonyl (C=O) groups excluding carboxylic acids is 3. The molecule has 1 fully saturated rings. The molecular weight excluding hydrogens is 234 g/mol. The van der Waals surface area contributed by atoms with Crippen LogP contribution in [0.5, 0.6) is 0 Å². The van der Waals surface area contributed by atoms with E-state index in [2.05, 4.69) is 5.32 Å². The molecular formula is C12H21N3O3. The van der Waals surface area contributed by atoms with Crippen molar-refractivity contribution in [3.8, 4) is 0 Å². The van der Waals surface area contributed by atoms with Gasteiger partial charge in [-0.1, -0.05) is 13.8 Å². The van der Waals surface area contributed by atoms with Crippen molar-refractivity contribution >= 4 is 17.7 Å². The number of nitrogens with one attached hydrogen (secondary N) is 1. The van der Waals surface area contributed by atoms with Crippen molar-refractivity contribution in [3.05, 3.63) is 0 Å². The Balaban J connectivity index is 2.73. The molecule has 6 nitrogen and oxygen atoms in total. The van der Waals surface area contributed by atoms with Crippen LogP contribution in [0.4, 0.5) is 0 Å². The summed E-state index contributed by atoms with van der Waals surface area (Å²) in [7, 11) is 1.63. The van der Waals surface area contributed by atoms with Crippen LogP contribution in [0.3, 0.4) is 0 Å². The molecule has 1 rings (SSSR count). The SMILES string of the molecule is CNC(C)(CCN1C(=O)CC(C)(C)C1=O)C(N)=O. The van der Waals surface area contributed by atoms with Gasteiger partial charge in [-0.15, -0.1) is 0 Å². The molecule has 1 aliphatic rings. The maximum Gasteiger partial charge on any atom is 0.237 e. The molecule has 0 aromatic carbocycles. The van der Waals surface area contributed by atoms with Gasteiger partial charge in [0.25, 0.3) is 0 Å². The Hall–Kier alpha value is -1.43. The van der Waals surface area contributed by atoms with Gasteiger partial charge >= 0.3 is 0 Å². The summed E-state index contributed by atoms with van der Waals surface area (Å²) in [6.07, 6.45) is 0.533. The Morgan fingerprint density at radius 1 is 1.50 bits per heavy atom. The van der Waals surface area contributed by atoms with Crippen LogP contribution >= 0.6 is 0 Å². The quantitative estimate of drug-likeness (QED) is 0.655. The first-order valence-corrected chi connectivity index (χ1v) is 5.98. The summed E-state index contributed by atoms with van der Waals surface area (Å²) in [5.74, 6) is -0.869. The van der Waals surface area contributed by atoms with E-state index in [9.17, 15) is 14.4 Å². The molecule has 0 aromatic heterocycles. The summed E-state index contributed by atoms with van der Waals surface area (Å²) in [6.45, 7) is 5.37. The molecule has 0 spiro atoms. The maximum atomic E-state index is 12.0. The predicted molar refractivity (Wildman–Crippen MR) is 66.4 cm³/mol. The third-order valence-corrected chi connectivity index (χ3v) is 3.65. The van der Waals surface area contributed by atoms with E-state index in [1.165, 1.54) is 4.90 Å². The Morgan fingerprint density at radius 3 is 2.39 bits per heavy atom. The van der Waals surface area contributed by atoms with Gasteiger partial charge in [0.2, 0.25) is 17.7 Å². The van der Waals surface area contributed by atoms with Crippen molar-refractivity contribution in [2.45, 2.75) is 39.2 Å². The first-order valence-electron chi connectivity index (χ1n) is 5.98. The summed E-state index contributed by atoms with van der Waals surface area (Å²) in [5.41, 5.74) is 3.75. The Morgan fingerprint density at radius 2 is 2.06 bits per heavy atom. The van der Waals surface area contributed by atoms with E-state index in [0.29, 0.717) is 6.42 Å². The molecule has 18 heavy (non-hydrogen) atoms. The van der Waals surface area contributed by atoms with Gasteiger partial charge in [0.1, 0.15) is 0 Å². The molecule has 1 heterocycles. The first-order chi connectivity index (χ1) is 8.14. The molecule has 1 unspecified atom stereocenters. The van der Waals surface area contributed by atoms with Crippen LogP contribution in [0.15, 0.2) is 0 Å². The number of hydrogen-bond acceptors (Lipinski definition) is 4. The minimum atomic E-state index is -0.909. The third kappa shape index (κ3) is 2.53. The fourth-order valence-electron chi connectivity index (χ4n) is 1.96. The smallest absolute Gasteiger partial charge is 0.237 e. The zero-order valence-corrected chi connectivity index (χ0v) is 11.4. The second-order valence-electron chi connectivity index (χ2n) is 5.61. The molecule has 1 atom stereocenters. The molecule has 1 saturated heterocycles. The van der Waals surface area contributed by atoms with Crippen molar-refractivity contribution < 1.29 is 14.4 Å². The topological polar surface area (TPSA) is 92.5 Å². The minimum Gasteiger partial charge on any atom is -0.368 e. The number of imide groups is 1. The molecule has 0 saturated carbocycles. The molecule has 0 radical (unpaired) electrons. The van der Waals surface area contributed by atoms with Crippen LogP contribution in [0, 0.1) is 5.41 Å². The van der Waals surface area contributed by atoms with Crippen LogP contribution in [0.1, 0.15) is 33.6 Å². The van der Waals surface area contributed by atoms with Crippen LogP contribution in [0.25, 0.3) is 0 Å². The Bertz CT molecular complexity index is 392. The summed E-state index contributed by atoms with van der Waals surface area (Å²) in [5, 5.41) is 2.83. The average molecular weight is 255 g/mol. The second-order valence-corrected chi connectivity index (χ2v) is 5.61. The third-order valence-electron chi connectivity index (χ3n) is 3.65. The number of likely N-dealkylation sites (N-methyl/N-ethyl adjacent to an activating group) is 1. The molecule has 3 amide bonds. The maximum absolute atomic E-state index is 12.0. The number of amides is 3. The van der Waals surface area contributed by atoms with E-state index in [1.807, 2.05) is 0 Å². The molecule has 102 valence electrons. The predicted octanol–water partition coefficient (Wildman–Crippen LogP) is -0.375. The highest BCUT2D eigenvalue weighted by molar-refractivity contribution is 6.05. The summed E-state index contributed by atoms with van der Waals surface area (Å²) in [4.78, 5) is 36.3. The van der Waals surface area contributed by atoms with Crippen LogP contribution in [-0.4, -0.2) is 41.8 Å². The molecule has 0 bridgehead atoms. The van der Waals surface area contributed by atoms with Gasteiger partial charge < -0.3 is 11.1 Å². The van der Waals surface area contributed by atoms with E-state index >= 15 is 0 Å². The minimum absolute atomic E-state index is 0.185. The van der Waals surface area contributed by atoms with Gasteiger partial charge in [-0.05, 0) is 20.4 Å². The molecule has 0 aromatic rings. The van der Waals surface area contributed by atoms with E-state index in [0.717, 1.165) is 0 Å². The van der Waals surface area contributed by atoms with Crippen molar-refractivity contribution in [2.75, 3.05) is 13.6 Å². The highest BCUT2D eigenvalue weighted by Gasteiger charge is 2.45. The van der Waals surface area contributed by atoms with Crippen molar-refractivity contribution in [1.82, 2.24) is 10.2 Å². The largest absolute Gasteiger partial charge is 0.368 e. The zero-order valence-electron chi connectivity index (χ0n) is 11.4. The number of nitrogens with zero attached hydrogens (tertiary/aromatic N) is 1. The van der Waals surface area contributed by atoms with Gasteiger partial charge in [-0.2, -0.15) is 0 Å². The highest BCUT2D eigenvalue weighted by atomic mass is 16.2. The van der Waals surface area contributed by atoms with Gasteiger partial charge in [-0.25, -0.2) is 0 Å². The van der Waals surface area contributed by atoms with Gasteiger partial charge in [0.05, 0.1) is 11.0 Å². The highest BCUT2D eigenvalue weighted by Crippen LogP contribution is 2.32. The van der Waals surface area contributed by atoms with Gasteiger partial charge in [0.15, 0.2) is 0 Å². The lowest BCUT2D eigenvalue weighted by Crippen LogP contribution is -2.53. The zero-order chi connectivity index (χ0) is 14.1. The summed E-state index contributed by atoms with van der Waals surface area (Å²) >= 11 is 0. The monoisotopic (exact) mass is 255 g/mol. The van der Waals surface area contributed by atoms with Crippen LogP contribution < -0.4 is 11.1 Å². The lowest BCUT2D eigenvalue weighted by atomic mass is 9.92. The van der Waals surface area contributed by atoms with Crippen LogP contribution in [0.2, 0.25) is 0 Å². The van der Waals surface area contributed by atoms with E-state index in [1.54, 1.807) is 27.8 Å². The van der Waals surface area contributed by atoms with Crippen molar-refractivity contribution in [1.29, 1.82) is 0 Å². The number of primary amides is 1. The average Bonchev–Trinajstić information content (AvgIpc) is 2.45. The molecule has 3 N–H and O–H groups in total. The Labute approximate surface area is 107 Å². The number of hydrogen-bond donors (Lipinski definition) is 2. The normalized spacial score (nSPS) is 22.1. The molecule has 1 aliphatic heterocycles. The van der Waals surface area contributed by atoms with Crippen LogP contribution in [-0.2, 0) is 14.4 Å². The fourth-order valence-corrected chi connectivity index (χ4v) is 1.96. The standard InChI is InChI=1S/C12H21N3O3/c1-11(2)7-8(16)15(10(11)18)6-5-12(3,14-4)9(13)17/h14H,5-7H2,1-4H3,(H2,13,17). The fraction of sp³-hybridized carbons (Fsp3) is 0.750. The van der Waals surface area contributed by atoms with E-state index in [-0.39, 0.29) is 24.8 Å².